The third-order valence-corrected chi connectivity index (χ3v) is 3.87. The van der Waals surface area contributed by atoms with E-state index < -0.39 is 6.10 Å². The zero-order valence-electron chi connectivity index (χ0n) is 13.3. The van der Waals surface area contributed by atoms with E-state index in [4.69, 9.17) is 5.11 Å². The molecule has 2 rings (SSSR count). The lowest BCUT2D eigenvalue weighted by Gasteiger charge is -2.25. The van der Waals surface area contributed by atoms with Crippen molar-refractivity contribution in [3.8, 4) is 0 Å². The van der Waals surface area contributed by atoms with Gasteiger partial charge in [-0.2, -0.15) is 0 Å². The molecule has 0 aliphatic carbocycles. The van der Waals surface area contributed by atoms with Crippen LogP contribution < -0.4 is 5.32 Å². The molecule has 0 saturated carbocycles. The lowest BCUT2D eigenvalue weighted by molar-refractivity contribution is 0.127. The Morgan fingerprint density at radius 3 is 1.86 bits per heavy atom. The number of benzene rings is 2. The van der Waals surface area contributed by atoms with Crippen LogP contribution in [-0.2, 0) is 0 Å². The van der Waals surface area contributed by atoms with Crippen LogP contribution in [0.4, 0.5) is 0 Å². The van der Waals surface area contributed by atoms with Crippen molar-refractivity contribution in [3.05, 3.63) is 70.8 Å². The molecule has 0 amide bonds. The minimum atomic E-state index is -0.623. The SMILES string of the molecule is Cc1ccc(C(O)C(NCCCO)c2ccc(C)cc2)cc1. The van der Waals surface area contributed by atoms with E-state index in [1.165, 1.54) is 11.1 Å². The Hall–Kier alpha value is -1.68. The normalized spacial score (nSPS) is 13.8. The van der Waals surface area contributed by atoms with Gasteiger partial charge in [0.1, 0.15) is 0 Å². The predicted molar refractivity (Wildman–Crippen MR) is 89.8 cm³/mol. The summed E-state index contributed by atoms with van der Waals surface area (Å²) in [5, 5.41) is 23.1. The molecule has 0 fully saturated rings. The summed E-state index contributed by atoms with van der Waals surface area (Å²) in [4.78, 5) is 0. The maximum Gasteiger partial charge on any atom is 0.0984 e. The Labute approximate surface area is 132 Å². The molecule has 2 aromatic carbocycles. The monoisotopic (exact) mass is 299 g/mol. The van der Waals surface area contributed by atoms with Crippen LogP contribution >= 0.6 is 0 Å². The molecule has 118 valence electrons. The Morgan fingerprint density at radius 1 is 0.864 bits per heavy atom. The minimum absolute atomic E-state index is 0.147. The summed E-state index contributed by atoms with van der Waals surface area (Å²) in [5.74, 6) is 0. The molecule has 22 heavy (non-hydrogen) atoms. The second-order valence-corrected chi connectivity index (χ2v) is 5.78. The Morgan fingerprint density at radius 2 is 1.36 bits per heavy atom. The second kappa shape index (κ2) is 8.08. The smallest absolute Gasteiger partial charge is 0.0984 e. The van der Waals surface area contributed by atoms with E-state index in [0.717, 1.165) is 11.1 Å². The summed E-state index contributed by atoms with van der Waals surface area (Å²) in [6, 6.07) is 16.0. The van der Waals surface area contributed by atoms with Crippen LogP contribution in [0.2, 0.25) is 0 Å². The summed E-state index contributed by atoms with van der Waals surface area (Å²) in [5.41, 5.74) is 4.32. The first-order valence-corrected chi connectivity index (χ1v) is 7.77. The van der Waals surface area contributed by atoms with Crippen LogP contribution in [0.25, 0.3) is 0 Å². The van der Waals surface area contributed by atoms with Gasteiger partial charge in [0.05, 0.1) is 12.1 Å². The molecule has 0 heterocycles. The summed E-state index contributed by atoms with van der Waals surface area (Å²) in [6.45, 7) is 4.90. The van der Waals surface area contributed by atoms with E-state index in [-0.39, 0.29) is 12.6 Å². The van der Waals surface area contributed by atoms with E-state index in [0.29, 0.717) is 13.0 Å². The van der Waals surface area contributed by atoms with Gasteiger partial charge in [-0.05, 0) is 37.9 Å². The average Bonchev–Trinajstić information content (AvgIpc) is 2.53. The van der Waals surface area contributed by atoms with Gasteiger partial charge in [0.15, 0.2) is 0 Å². The topological polar surface area (TPSA) is 52.5 Å². The third-order valence-electron chi connectivity index (χ3n) is 3.87. The van der Waals surface area contributed by atoms with Crippen molar-refractivity contribution in [2.24, 2.45) is 0 Å². The van der Waals surface area contributed by atoms with E-state index >= 15 is 0 Å². The van der Waals surface area contributed by atoms with Crippen molar-refractivity contribution in [1.82, 2.24) is 5.32 Å². The van der Waals surface area contributed by atoms with E-state index in [9.17, 15) is 5.11 Å². The van der Waals surface area contributed by atoms with Crippen LogP contribution in [0.3, 0.4) is 0 Å². The number of aryl methyl sites for hydroxylation is 2. The molecular formula is C19H25NO2. The van der Waals surface area contributed by atoms with Crippen LogP contribution in [0.5, 0.6) is 0 Å². The predicted octanol–water partition coefficient (Wildman–Crippen LogP) is 3.05. The number of hydrogen-bond donors (Lipinski definition) is 3. The highest BCUT2D eigenvalue weighted by Gasteiger charge is 2.22. The molecule has 3 N–H and O–H groups in total. The van der Waals surface area contributed by atoms with E-state index in [2.05, 4.69) is 17.4 Å². The molecule has 0 aromatic heterocycles. The first-order chi connectivity index (χ1) is 10.6. The van der Waals surface area contributed by atoms with Crippen molar-refractivity contribution in [2.75, 3.05) is 13.2 Å². The molecular weight excluding hydrogens is 274 g/mol. The largest absolute Gasteiger partial charge is 0.396 e. The molecule has 0 aliphatic heterocycles. The van der Waals surface area contributed by atoms with Crippen molar-refractivity contribution in [2.45, 2.75) is 32.4 Å². The highest BCUT2D eigenvalue weighted by Crippen LogP contribution is 2.29. The number of aliphatic hydroxyl groups excluding tert-OH is 2. The van der Waals surface area contributed by atoms with E-state index in [1.54, 1.807) is 0 Å². The van der Waals surface area contributed by atoms with E-state index in [1.807, 2.05) is 50.2 Å². The van der Waals surface area contributed by atoms with Crippen LogP contribution in [0.1, 0.15) is 40.8 Å². The standard InChI is InChI=1S/C19H25NO2/c1-14-4-8-16(9-5-14)18(20-12-3-13-21)19(22)17-10-6-15(2)7-11-17/h4-11,18-22H,3,12-13H2,1-2H3. The lowest BCUT2D eigenvalue weighted by atomic mass is 9.94. The van der Waals surface area contributed by atoms with Gasteiger partial charge in [-0.1, -0.05) is 59.7 Å². The molecule has 0 saturated heterocycles. The van der Waals surface area contributed by atoms with Crippen LogP contribution in [0, 0.1) is 13.8 Å². The number of hydrogen-bond acceptors (Lipinski definition) is 3. The minimum Gasteiger partial charge on any atom is -0.396 e. The average molecular weight is 299 g/mol. The number of aliphatic hydroxyl groups is 2. The molecule has 2 aromatic rings. The molecule has 0 aliphatic rings. The molecule has 0 bridgehead atoms. The zero-order chi connectivity index (χ0) is 15.9. The number of rotatable bonds is 7. The number of nitrogens with one attached hydrogen (secondary N) is 1. The Kier molecular flexibility index (Phi) is 6.13. The molecule has 2 unspecified atom stereocenters. The third kappa shape index (κ3) is 4.41. The van der Waals surface area contributed by atoms with Gasteiger partial charge in [-0.15, -0.1) is 0 Å². The molecule has 3 nitrogen and oxygen atoms in total. The van der Waals surface area contributed by atoms with Gasteiger partial charge >= 0.3 is 0 Å². The first kappa shape index (κ1) is 16.7. The molecule has 2 atom stereocenters. The Bertz CT molecular complexity index is 563. The summed E-state index contributed by atoms with van der Waals surface area (Å²) < 4.78 is 0. The molecule has 3 heteroatoms. The summed E-state index contributed by atoms with van der Waals surface area (Å²) in [6.07, 6.45) is 0.0465. The van der Waals surface area contributed by atoms with Gasteiger partial charge in [0.2, 0.25) is 0 Å². The Balaban J connectivity index is 2.22. The van der Waals surface area contributed by atoms with Crippen molar-refractivity contribution in [3.63, 3.8) is 0 Å². The van der Waals surface area contributed by atoms with Gasteiger partial charge in [0.25, 0.3) is 0 Å². The van der Waals surface area contributed by atoms with Crippen molar-refractivity contribution < 1.29 is 10.2 Å². The quantitative estimate of drug-likeness (QED) is 0.689. The van der Waals surface area contributed by atoms with Gasteiger partial charge < -0.3 is 15.5 Å². The van der Waals surface area contributed by atoms with Gasteiger partial charge in [-0.25, -0.2) is 0 Å². The fourth-order valence-corrected chi connectivity index (χ4v) is 2.48. The lowest BCUT2D eigenvalue weighted by Crippen LogP contribution is -2.28. The maximum absolute atomic E-state index is 10.8. The second-order valence-electron chi connectivity index (χ2n) is 5.78. The highest BCUT2D eigenvalue weighted by atomic mass is 16.3. The first-order valence-electron chi connectivity index (χ1n) is 7.77. The summed E-state index contributed by atoms with van der Waals surface area (Å²) in [7, 11) is 0. The fraction of sp³-hybridized carbons (Fsp3) is 0.368. The van der Waals surface area contributed by atoms with Gasteiger partial charge in [0, 0.05) is 6.61 Å². The fourth-order valence-electron chi connectivity index (χ4n) is 2.48. The maximum atomic E-state index is 10.8. The zero-order valence-corrected chi connectivity index (χ0v) is 13.3. The molecule has 0 spiro atoms. The summed E-state index contributed by atoms with van der Waals surface area (Å²) >= 11 is 0. The van der Waals surface area contributed by atoms with Crippen molar-refractivity contribution in [1.29, 1.82) is 0 Å². The molecule has 0 radical (unpaired) electrons. The highest BCUT2D eigenvalue weighted by molar-refractivity contribution is 5.30. The van der Waals surface area contributed by atoms with Crippen LogP contribution in [0.15, 0.2) is 48.5 Å². The van der Waals surface area contributed by atoms with Crippen molar-refractivity contribution >= 4 is 0 Å². The van der Waals surface area contributed by atoms with Crippen LogP contribution in [-0.4, -0.2) is 23.4 Å². The van der Waals surface area contributed by atoms with Gasteiger partial charge in [-0.3, -0.25) is 0 Å².